The molecule has 3 heteroatoms. The molecule has 0 aromatic carbocycles. The number of rotatable bonds is 3. The third kappa shape index (κ3) is 2.29. The number of hydrogen-bond donors (Lipinski definition) is 2. The summed E-state index contributed by atoms with van der Waals surface area (Å²) >= 11 is 0. The summed E-state index contributed by atoms with van der Waals surface area (Å²) in [5, 5.41) is 9.40. The van der Waals surface area contributed by atoms with E-state index in [9.17, 15) is 5.11 Å². The molecule has 0 unspecified atom stereocenters. The van der Waals surface area contributed by atoms with Crippen LogP contribution in [-0.2, 0) is 0 Å². The van der Waals surface area contributed by atoms with E-state index < -0.39 is 6.10 Å². The minimum atomic E-state index is -0.464. The van der Waals surface area contributed by atoms with Crippen molar-refractivity contribution in [1.82, 2.24) is 4.98 Å². The van der Waals surface area contributed by atoms with Crippen LogP contribution in [0.4, 0.5) is 0 Å². The van der Waals surface area contributed by atoms with Gasteiger partial charge in [0, 0.05) is 12.4 Å². The van der Waals surface area contributed by atoms with E-state index in [0.717, 1.165) is 5.56 Å². The van der Waals surface area contributed by atoms with Gasteiger partial charge < -0.3 is 10.8 Å². The molecule has 1 rings (SSSR count). The zero-order valence-corrected chi connectivity index (χ0v) is 6.27. The molecule has 0 amide bonds. The minimum Gasteiger partial charge on any atom is -0.388 e. The van der Waals surface area contributed by atoms with Gasteiger partial charge >= 0.3 is 0 Å². The summed E-state index contributed by atoms with van der Waals surface area (Å²) < 4.78 is 0. The Kier molecular flexibility index (Phi) is 3.01. The van der Waals surface area contributed by atoms with Gasteiger partial charge in [-0.3, -0.25) is 4.98 Å². The number of aliphatic hydroxyl groups is 1. The Labute approximate surface area is 65.9 Å². The van der Waals surface area contributed by atoms with Gasteiger partial charge in [0.2, 0.25) is 0 Å². The fourth-order valence-corrected chi connectivity index (χ4v) is 0.898. The lowest BCUT2D eigenvalue weighted by Crippen LogP contribution is -2.06. The van der Waals surface area contributed by atoms with Gasteiger partial charge in [-0.2, -0.15) is 0 Å². The molecule has 3 N–H and O–H groups in total. The van der Waals surface area contributed by atoms with Gasteiger partial charge in [0.1, 0.15) is 0 Å². The first kappa shape index (κ1) is 8.17. The van der Waals surface area contributed by atoms with Gasteiger partial charge in [-0.15, -0.1) is 0 Å². The van der Waals surface area contributed by atoms with Gasteiger partial charge in [0.05, 0.1) is 6.10 Å². The highest BCUT2D eigenvalue weighted by molar-refractivity contribution is 5.11. The lowest BCUT2D eigenvalue weighted by Gasteiger charge is -2.07. The van der Waals surface area contributed by atoms with E-state index in [1.807, 2.05) is 6.07 Å². The van der Waals surface area contributed by atoms with E-state index in [1.54, 1.807) is 18.5 Å². The van der Waals surface area contributed by atoms with E-state index in [4.69, 9.17) is 5.73 Å². The summed E-state index contributed by atoms with van der Waals surface area (Å²) in [7, 11) is 0. The molecular formula is C8H12N2O. The molecule has 0 saturated carbocycles. The number of nitrogens with two attached hydrogens (primary N) is 1. The Morgan fingerprint density at radius 1 is 1.64 bits per heavy atom. The fourth-order valence-electron chi connectivity index (χ4n) is 0.898. The van der Waals surface area contributed by atoms with E-state index in [0.29, 0.717) is 13.0 Å². The Balaban J connectivity index is 2.61. The van der Waals surface area contributed by atoms with Crippen LogP contribution in [0.3, 0.4) is 0 Å². The van der Waals surface area contributed by atoms with Crippen LogP contribution in [0.15, 0.2) is 24.5 Å². The summed E-state index contributed by atoms with van der Waals surface area (Å²) in [5.74, 6) is 0. The van der Waals surface area contributed by atoms with Crippen LogP contribution in [0, 0.1) is 0 Å². The van der Waals surface area contributed by atoms with Crippen molar-refractivity contribution in [3.8, 4) is 0 Å². The van der Waals surface area contributed by atoms with Crippen molar-refractivity contribution in [3.05, 3.63) is 30.1 Å². The fraction of sp³-hybridized carbons (Fsp3) is 0.375. The SMILES string of the molecule is NCC[C@@H](O)c1cccnc1. The molecule has 1 aromatic rings. The second-order valence-electron chi connectivity index (χ2n) is 2.38. The topological polar surface area (TPSA) is 59.1 Å². The molecule has 0 fully saturated rings. The summed E-state index contributed by atoms with van der Waals surface area (Å²) in [4.78, 5) is 3.89. The van der Waals surface area contributed by atoms with Crippen molar-refractivity contribution in [2.75, 3.05) is 6.54 Å². The van der Waals surface area contributed by atoms with E-state index in [-0.39, 0.29) is 0 Å². The van der Waals surface area contributed by atoms with Gasteiger partial charge in [0.25, 0.3) is 0 Å². The Hall–Kier alpha value is -0.930. The number of nitrogens with zero attached hydrogens (tertiary/aromatic N) is 1. The maximum absolute atomic E-state index is 9.40. The van der Waals surface area contributed by atoms with Gasteiger partial charge in [-0.1, -0.05) is 6.07 Å². The van der Waals surface area contributed by atoms with Crippen LogP contribution in [0.5, 0.6) is 0 Å². The largest absolute Gasteiger partial charge is 0.388 e. The van der Waals surface area contributed by atoms with E-state index in [2.05, 4.69) is 4.98 Å². The average molecular weight is 152 g/mol. The van der Waals surface area contributed by atoms with Crippen LogP contribution in [0.25, 0.3) is 0 Å². The molecule has 60 valence electrons. The molecule has 1 atom stereocenters. The van der Waals surface area contributed by atoms with E-state index >= 15 is 0 Å². The van der Waals surface area contributed by atoms with Crippen LogP contribution in [0.2, 0.25) is 0 Å². The molecule has 0 saturated heterocycles. The number of aromatic nitrogens is 1. The molecule has 0 aliphatic heterocycles. The monoisotopic (exact) mass is 152 g/mol. The first-order valence-corrected chi connectivity index (χ1v) is 3.62. The first-order chi connectivity index (χ1) is 5.34. The predicted molar refractivity (Wildman–Crippen MR) is 42.9 cm³/mol. The van der Waals surface area contributed by atoms with Crippen LogP contribution < -0.4 is 5.73 Å². The van der Waals surface area contributed by atoms with Crippen molar-refractivity contribution >= 4 is 0 Å². The van der Waals surface area contributed by atoms with Gasteiger partial charge in [0.15, 0.2) is 0 Å². The van der Waals surface area contributed by atoms with Crippen molar-refractivity contribution in [3.63, 3.8) is 0 Å². The number of hydrogen-bond acceptors (Lipinski definition) is 3. The third-order valence-corrected chi connectivity index (χ3v) is 1.51. The van der Waals surface area contributed by atoms with Crippen molar-refractivity contribution in [1.29, 1.82) is 0 Å². The highest BCUT2D eigenvalue weighted by atomic mass is 16.3. The summed E-state index contributed by atoms with van der Waals surface area (Å²) in [5.41, 5.74) is 6.12. The normalized spacial score (nSPS) is 12.9. The highest BCUT2D eigenvalue weighted by Gasteiger charge is 2.04. The first-order valence-electron chi connectivity index (χ1n) is 3.62. The number of aliphatic hydroxyl groups excluding tert-OH is 1. The lowest BCUT2D eigenvalue weighted by atomic mass is 10.1. The van der Waals surface area contributed by atoms with Gasteiger partial charge in [-0.05, 0) is 24.6 Å². The van der Waals surface area contributed by atoms with Crippen molar-refractivity contribution in [2.45, 2.75) is 12.5 Å². The highest BCUT2D eigenvalue weighted by Crippen LogP contribution is 2.12. The van der Waals surface area contributed by atoms with Crippen molar-refractivity contribution in [2.24, 2.45) is 5.73 Å². The second kappa shape index (κ2) is 4.05. The summed E-state index contributed by atoms with van der Waals surface area (Å²) in [6.07, 6.45) is 3.46. The summed E-state index contributed by atoms with van der Waals surface area (Å²) in [6, 6.07) is 3.64. The molecule has 0 radical (unpaired) electrons. The van der Waals surface area contributed by atoms with Crippen LogP contribution >= 0.6 is 0 Å². The van der Waals surface area contributed by atoms with Crippen molar-refractivity contribution < 1.29 is 5.11 Å². The maximum atomic E-state index is 9.40. The molecule has 0 spiro atoms. The Bertz CT molecular complexity index is 201. The third-order valence-electron chi connectivity index (χ3n) is 1.51. The molecular weight excluding hydrogens is 140 g/mol. The molecule has 0 aliphatic rings. The Morgan fingerprint density at radius 2 is 2.45 bits per heavy atom. The van der Waals surface area contributed by atoms with Gasteiger partial charge in [-0.25, -0.2) is 0 Å². The molecule has 0 bridgehead atoms. The molecule has 0 aliphatic carbocycles. The maximum Gasteiger partial charge on any atom is 0.0816 e. The summed E-state index contributed by atoms with van der Waals surface area (Å²) in [6.45, 7) is 0.496. The molecule has 11 heavy (non-hydrogen) atoms. The predicted octanol–water partition coefficient (Wildman–Crippen LogP) is 0.464. The zero-order chi connectivity index (χ0) is 8.10. The lowest BCUT2D eigenvalue weighted by molar-refractivity contribution is 0.170. The van der Waals surface area contributed by atoms with E-state index in [1.165, 1.54) is 0 Å². The molecule has 1 heterocycles. The molecule has 3 nitrogen and oxygen atoms in total. The average Bonchev–Trinajstić information content (AvgIpc) is 2.07. The number of pyridine rings is 1. The van der Waals surface area contributed by atoms with Crippen LogP contribution in [0.1, 0.15) is 18.1 Å². The van der Waals surface area contributed by atoms with Crippen LogP contribution in [-0.4, -0.2) is 16.6 Å². The minimum absolute atomic E-state index is 0.464. The molecule has 1 aromatic heterocycles. The standard InChI is InChI=1S/C8H12N2O/c9-4-3-8(11)7-2-1-5-10-6-7/h1-2,5-6,8,11H,3-4,9H2/t8-/m1/s1. The second-order valence-corrected chi connectivity index (χ2v) is 2.38. The Morgan fingerprint density at radius 3 is 3.00 bits per heavy atom. The quantitative estimate of drug-likeness (QED) is 0.661. The zero-order valence-electron chi connectivity index (χ0n) is 6.27. The smallest absolute Gasteiger partial charge is 0.0816 e.